The lowest BCUT2D eigenvalue weighted by atomic mass is 10.3. The molecule has 26 heavy (non-hydrogen) atoms. The van der Waals surface area contributed by atoms with Crippen LogP contribution in [0.4, 0.5) is 10.8 Å². The van der Waals surface area contributed by atoms with E-state index in [1.165, 1.54) is 23.5 Å². The predicted octanol–water partition coefficient (Wildman–Crippen LogP) is 1.90. The Labute approximate surface area is 152 Å². The molecule has 0 spiro atoms. The molecule has 0 atom stereocenters. The average Bonchev–Trinajstić information content (AvgIpc) is 3.02. The first-order valence-electron chi connectivity index (χ1n) is 7.68. The number of carbonyl (C=O) groups excluding carboxylic acids is 2. The highest BCUT2D eigenvalue weighted by Crippen LogP contribution is 2.14. The summed E-state index contributed by atoms with van der Waals surface area (Å²) < 4.78 is 0.940. The summed E-state index contributed by atoms with van der Waals surface area (Å²) in [5, 5.41) is 11.5. The number of carbonyl (C=O) groups is 2. The third kappa shape index (κ3) is 4.39. The van der Waals surface area contributed by atoms with Gasteiger partial charge in [0, 0.05) is 17.1 Å². The molecule has 3 aromatic rings. The summed E-state index contributed by atoms with van der Waals surface area (Å²) in [6.07, 6.45) is 0. The first-order valence-corrected chi connectivity index (χ1v) is 8.56. The fourth-order valence-corrected chi connectivity index (χ4v) is 2.81. The third-order valence-electron chi connectivity index (χ3n) is 3.29. The second kappa shape index (κ2) is 7.70. The second-order valence-electron chi connectivity index (χ2n) is 5.38. The Hall–Kier alpha value is -3.33. The Morgan fingerprint density at radius 3 is 2.58 bits per heavy atom. The molecular weight excluding hydrogens is 354 g/mol. The van der Waals surface area contributed by atoms with Gasteiger partial charge >= 0.3 is 0 Å². The van der Waals surface area contributed by atoms with E-state index >= 15 is 0 Å². The molecule has 8 nitrogen and oxygen atoms in total. The summed E-state index contributed by atoms with van der Waals surface area (Å²) in [5.74, 6) is -0.921. The highest BCUT2D eigenvalue weighted by Gasteiger charge is 2.13. The van der Waals surface area contributed by atoms with E-state index in [-0.39, 0.29) is 12.2 Å². The van der Waals surface area contributed by atoms with E-state index in [2.05, 4.69) is 20.7 Å². The van der Waals surface area contributed by atoms with Crippen LogP contribution in [0.15, 0.2) is 52.6 Å². The number of nitrogens with one attached hydrogen (secondary N) is 2. The van der Waals surface area contributed by atoms with Crippen LogP contribution < -0.4 is 16.2 Å². The molecule has 2 aromatic heterocycles. The van der Waals surface area contributed by atoms with Gasteiger partial charge in [0.1, 0.15) is 12.2 Å². The quantitative estimate of drug-likeness (QED) is 0.714. The van der Waals surface area contributed by atoms with Crippen LogP contribution in [-0.2, 0) is 11.3 Å². The van der Waals surface area contributed by atoms with Crippen LogP contribution in [-0.4, -0.2) is 26.6 Å². The van der Waals surface area contributed by atoms with Crippen LogP contribution >= 0.6 is 11.3 Å². The Bertz CT molecular complexity index is 997. The number of hydrogen-bond donors (Lipinski definition) is 2. The van der Waals surface area contributed by atoms with E-state index in [9.17, 15) is 14.4 Å². The van der Waals surface area contributed by atoms with Gasteiger partial charge in [-0.2, -0.15) is 5.10 Å². The molecule has 0 aliphatic carbocycles. The Kier molecular flexibility index (Phi) is 5.18. The summed E-state index contributed by atoms with van der Waals surface area (Å²) in [6.45, 7) is 1.50. The van der Waals surface area contributed by atoms with Gasteiger partial charge in [0.2, 0.25) is 5.91 Å². The number of nitrogens with zero attached hydrogens (tertiary/aromatic N) is 3. The molecule has 2 N–H and O–H groups in total. The summed E-state index contributed by atoms with van der Waals surface area (Å²) in [5.41, 5.74) is 0.951. The van der Waals surface area contributed by atoms with Gasteiger partial charge in [-0.3, -0.25) is 14.4 Å². The summed E-state index contributed by atoms with van der Waals surface area (Å²) in [6, 6.07) is 11.4. The van der Waals surface area contributed by atoms with E-state index in [1.54, 1.807) is 29.6 Å². The molecule has 2 heterocycles. The molecule has 0 saturated carbocycles. The molecule has 1 aromatic carbocycles. The number of rotatable bonds is 5. The van der Waals surface area contributed by atoms with Crippen LogP contribution in [0.25, 0.3) is 0 Å². The number of hydrogen-bond acceptors (Lipinski definition) is 6. The Balaban J connectivity index is 1.71. The van der Waals surface area contributed by atoms with Gasteiger partial charge in [0.05, 0.1) is 5.69 Å². The first kappa shape index (κ1) is 17.5. The minimum absolute atomic E-state index is 0.0337. The second-order valence-corrected chi connectivity index (χ2v) is 6.23. The van der Waals surface area contributed by atoms with Gasteiger partial charge in [-0.15, -0.1) is 11.3 Å². The zero-order chi connectivity index (χ0) is 18.5. The molecule has 3 rings (SSSR count). The van der Waals surface area contributed by atoms with Crippen molar-refractivity contribution in [2.45, 2.75) is 13.5 Å². The van der Waals surface area contributed by atoms with Crippen molar-refractivity contribution >= 4 is 34.0 Å². The highest BCUT2D eigenvalue weighted by atomic mass is 32.1. The van der Waals surface area contributed by atoms with Gasteiger partial charge in [0.15, 0.2) is 5.13 Å². The summed E-state index contributed by atoms with van der Waals surface area (Å²) in [7, 11) is 0. The molecular formula is C17H15N5O3S. The average molecular weight is 369 g/mol. The summed E-state index contributed by atoms with van der Waals surface area (Å²) >= 11 is 1.29. The van der Waals surface area contributed by atoms with Gasteiger partial charge < -0.3 is 10.6 Å². The lowest BCUT2D eigenvalue weighted by Crippen LogP contribution is -2.31. The van der Waals surface area contributed by atoms with Crippen molar-refractivity contribution in [3.05, 3.63) is 69.6 Å². The zero-order valence-electron chi connectivity index (χ0n) is 13.8. The van der Waals surface area contributed by atoms with Crippen LogP contribution in [0.3, 0.4) is 0 Å². The maximum atomic E-state index is 12.3. The number of aryl methyl sites for hydroxylation is 1. The van der Waals surface area contributed by atoms with E-state index < -0.39 is 17.4 Å². The molecule has 0 fully saturated rings. The van der Waals surface area contributed by atoms with Crippen LogP contribution in [0, 0.1) is 6.92 Å². The molecule has 9 heteroatoms. The molecule has 0 saturated heterocycles. The third-order valence-corrected chi connectivity index (χ3v) is 4.17. The highest BCUT2D eigenvalue weighted by molar-refractivity contribution is 7.13. The molecule has 0 radical (unpaired) electrons. The zero-order valence-corrected chi connectivity index (χ0v) is 14.6. The smallest absolute Gasteiger partial charge is 0.276 e. The van der Waals surface area contributed by atoms with Crippen molar-refractivity contribution < 1.29 is 9.59 Å². The van der Waals surface area contributed by atoms with E-state index in [0.29, 0.717) is 10.8 Å². The van der Waals surface area contributed by atoms with E-state index in [0.717, 1.165) is 10.4 Å². The number of aromatic nitrogens is 3. The van der Waals surface area contributed by atoms with Gasteiger partial charge in [0.25, 0.3) is 11.5 Å². The molecule has 0 aliphatic rings. The largest absolute Gasteiger partial charge is 0.321 e. The number of para-hydroxylation sites is 1. The van der Waals surface area contributed by atoms with Gasteiger partial charge in [-0.05, 0) is 25.1 Å². The van der Waals surface area contributed by atoms with E-state index in [1.807, 2.05) is 13.0 Å². The van der Waals surface area contributed by atoms with Gasteiger partial charge in [-0.1, -0.05) is 18.2 Å². The lowest BCUT2D eigenvalue weighted by molar-refractivity contribution is -0.117. The van der Waals surface area contributed by atoms with Crippen LogP contribution in [0.2, 0.25) is 0 Å². The van der Waals surface area contributed by atoms with Crippen molar-refractivity contribution in [2.75, 3.05) is 10.6 Å². The fraction of sp³-hybridized carbons (Fsp3) is 0.118. The summed E-state index contributed by atoms with van der Waals surface area (Å²) in [4.78, 5) is 40.4. The van der Waals surface area contributed by atoms with Crippen molar-refractivity contribution in [2.24, 2.45) is 0 Å². The molecule has 0 unspecified atom stereocenters. The van der Waals surface area contributed by atoms with Crippen molar-refractivity contribution in [1.82, 2.24) is 14.8 Å². The topological polar surface area (TPSA) is 106 Å². The Morgan fingerprint density at radius 1 is 1.12 bits per heavy atom. The molecule has 132 valence electrons. The monoisotopic (exact) mass is 369 g/mol. The van der Waals surface area contributed by atoms with Gasteiger partial charge in [-0.25, -0.2) is 9.67 Å². The number of thiazole rings is 1. The molecule has 0 aliphatic heterocycles. The minimum Gasteiger partial charge on any atom is -0.321 e. The Morgan fingerprint density at radius 2 is 1.88 bits per heavy atom. The van der Waals surface area contributed by atoms with Crippen molar-refractivity contribution in [3.63, 3.8) is 0 Å². The SMILES string of the molecule is Cc1csc(NC(=O)Cn2nc(C(=O)Nc3ccccc3)ccc2=O)n1. The van der Waals surface area contributed by atoms with E-state index in [4.69, 9.17) is 0 Å². The number of benzene rings is 1. The molecule has 0 bridgehead atoms. The molecule has 2 amide bonds. The maximum absolute atomic E-state index is 12.3. The fourth-order valence-electron chi connectivity index (χ4n) is 2.11. The number of anilines is 2. The maximum Gasteiger partial charge on any atom is 0.276 e. The predicted molar refractivity (Wildman–Crippen MR) is 98.4 cm³/mol. The van der Waals surface area contributed by atoms with Crippen LogP contribution in [0.5, 0.6) is 0 Å². The van der Waals surface area contributed by atoms with Crippen LogP contribution in [0.1, 0.15) is 16.2 Å². The lowest BCUT2D eigenvalue weighted by Gasteiger charge is -2.07. The normalized spacial score (nSPS) is 10.3. The number of amides is 2. The first-order chi connectivity index (χ1) is 12.5. The van der Waals surface area contributed by atoms with Crippen molar-refractivity contribution in [1.29, 1.82) is 0 Å². The van der Waals surface area contributed by atoms with Crippen molar-refractivity contribution in [3.8, 4) is 0 Å². The minimum atomic E-state index is -0.480. The standard InChI is InChI=1S/C17H15N5O3S/c1-11-10-26-17(18-11)20-14(23)9-22-15(24)8-7-13(21-22)16(25)19-12-5-3-2-4-6-12/h2-8,10H,9H2,1H3,(H,19,25)(H,18,20,23).